The molecule has 1 aliphatic carbocycles. The highest BCUT2D eigenvalue weighted by molar-refractivity contribution is 5.92. The summed E-state index contributed by atoms with van der Waals surface area (Å²) in [5.41, 5.74) is 0.869. The van der Waals surface area contributed by atoms with Gasteiger partial charge in [0.2, 0.25) is 5.91 Å². The van der Waals surface area contributed by atoms with Crippen LogP contribution in [0.5, 0.6) is 0 Å². The molecule has 2 heterocycles. The zero-order valence-corrected chi connectivity index (χ0v) is 17.1. The Balaban J connectivity index is 1.62. The summed E-state index contributed by atoms with van der Waals surface area (Å²) in [7, 11) is 0. The first kappa shape index (κ1) is 19.8. The summed E-state index contributed by atoms with van der Waals surface area (Å²) in [6, 6.07) is 0.349. The van der Waals surface area contributed by atoms with Gasteiger partial charge in [-0.2, -0.15) is 0 Å². The third-order valence-electron chi connectivity index (χ3n) is 5.89. The summed E-state index contributed by atoms with van der Waals surface area (Å²) < 4.78 is 0. The Hall–Kier alpha value is -1.98. The Labute approximate surface area is 162 Å². The zero-order chi connectivity index (χ0) is 19.7. The van der Waals surface area contributed by atoms with Gasteiger partial charge in [-0.05, 0) is 36.5 Å². The van der Waals surface area contributed by atoms with Crippen LogP contribution in [0.1, 0.15) is 70.3 Å². The molecule has 6 nitrogen and oxygen atoms in total. The minimum atomic E-state index is -0.147. The maximum Gasteiger partial charge on any atom is 0.274 e. The van der Waals surface area contributed by atoms with Crippen LogP contribution < -0.4 is 0 Å². The maximum atomic E-state index is 13.0. The molecule has 27 heavy (non-hydrogen) atoms. The van der Waals surface area contributed by atoms with E-state index in [4.69, 9.17) is 0 Å². The van der Waals surface area contributed by atoms with E-state index in [1.807, 2.05) is 6.92 Å². The van der Waals surface area contributed by atoms with Gasteiger partial charge in [0.1, 0.15) is 5.69 Å². The van der Waals surface area contributed by atoms with Crippen molar-refractivity contribution in [2.75, 3.05) is 19.6 Å². The van der Waals surface area contributed by atoms with Crippen molar-refractivity contribution in [2.24, 2.45) is 10.8 Å². The van der Waals surface area contributed by atoms with Gasteiger partial charge in [0.05, 0.1) is 6.20 Å². The lowest BCUT2D eigenvalue weighted by molar-refractivity contribution is -0.132. The molecule has 2 fully saturated rings. The van der Waals surface area contributed by atoms with Gasteiger partial charge in [-0.1, -0.05) is 27.7 Å². The van der Waals surface area contributed by atoms with Crippen LogP contribution in [-0.2, 0) is 4.79 Å². The van der Waals surface area contributed by atoms with Crippen LogP contribution in [0, 0.1) is 10.8 Å². The number of hydrogen-bond donors (Lipinski definition) is 0. The number of aromatic nitrogens is 2. The van der Waals surface area contributed by atoms with Crippen molar-refractivity contribution in [1.82, 2.24) is 19.8 Å². The molecular weight excluding hydrogens is 340 g/mol. The number of hydrogen-bond acceptors (Lipinski definition) is 4. The molecule has 3 rings (SSSR count). The average molecular weight is 373 g/mol. The lowest BCUT2D eigenvalue weighted by Crippen LogP contribution is -2.40. The smallest absolute Gasteiger partial charge is 0.274 e. The highest BCUT2D eigenvalue weighted by atomic mass is 16.2. The first-order valence-corrected chi connectivity index (χ1v) is 10.1. The number of fused-ring (bicyclic) bond motifs is 2. The standard InChI is InChI=1S/C21H32N4O2/c1-5-9-24(19(27)17-13-22-7-8-23-17)10-6-18(26)25-15-21(4)12-16(25)11-20(2,3)14-21/h7-8,13,16H,5-6,9-12,14-15H2,1-4H3. The first-order chi connectivity index (χ1) is 12.7. The Morgan fingerprint density at radius 3 is 2.67 bits per heavy atom. The highest BCUT2D eigenvalue weighted by Crippen LogP contribution is 2.52. The van der Waals surface area contributed by atoms with Crippen molar-refractivity contribution in [1.29, 1.82) is 0 Å². The fourth-order valence-electron chi connectivity index (χ4n) is 5.28. The molecule has 2 amide bonds. The number of nitrogens with zero attached hydrogens (tertiary/aromatic N) is 4. The largest absolute Gasteiger partial charge is 0.339 e. The third kappa shape index (κ3) is 4.47. The maximum absolute atomic E-state index is 13.0. The molecule has 1 aromatic heterocycles. The molecule has 2 bridgehead atoms. The lowest BCUT2D eigenvalue weighted by atomic mass is 9.65. The van der Waals surface area contributed by atoms with Crippen LogP contribution in [0.25, 0.3) is 0 Å². The van der Waals surface area contributed by atoms with Crippen molar-refractivity contribution < 1.29 is 9.59 Å². The molecule has 148 valence electrons. The van der Waals surface area contributed by atoms with Crippen LogP contribution in [-0.4, -0.2) is 57.3 Å². The Bertz CT molecular complexity index is 691. The summed E-state index contributed by atoms with van der Waals surface area (Å²) in [5.74, 6) is 0.0282. The molecule has 1 saturated heterocycles. The van der Waals surface area contributed by atoms with E-state index in [2.05, 4.69) is 35.6 Å². The molecule has 6 heteroatoms. The van der Waals surface area contributed by atoms with Gasteiger partial charge in [0.15, 0.2) is 0 Å². The minimum absolute atomic E-state index is 0.147. The van der Waals surface area contributed by atoms with Gasteiger partial charge >= 0.3 is 0 Å². The second kappa shape index (κ2) is 7.56. The SMILES string of the molecule is CCCN(CCC(=O)N1CC2(C)CC1CC(C)(C)C2)C(=O)c1cnccn1. The molecule has 1 saturated carbocycles. The predicted molar refractivity (Wildman–Crippen MR) is 104 cm³/mol. The monoisotopic (exact) mass is 372 g/mol. The van der Waals surface area contributed by atoms with Crippen molar-refractivity contribution in [3.8, 4) is 0 Å². The van der Waals surface area contributed by atoms with Gasteiger partial charge in [0, 0.05) is 44.5 Å². The number of amides is 2. The third-order valence-corrected chi connectivity index (χ3v) is 5.89. The van der Waals surface area contributed by atoms with Crippen molar-refractivity contribution in [3.63, 3.8) is 0 Å². The van der Waals surface area contributed by atoms with Crippen molar-refractivity contribution in [2.45, 2.75) is 65.8 Å². The Morgan fingerprint density at radius 2 is 2.00 bits per heavy atom. The predicted octanol–water partition coefficient (Wildman–Crippen LogP) is 3.15. The van der Waals surface area contributed by atoms with E-state index < -0.39 is 0 Å². The molecule has 0 aromatic carbocycles. The fourth-order valence-corrected chi connectivity index (χ4v) is 5.28. The summed E-state index contributed by atoms with van der Waals surface area (Å²) in [6.07, 6.45) is 9.14. The number of carbonyl (C=O) groups is 2. The van der Waals surface area contributed by atoms with E-state index in [9.17, 15) is 9.59 Å². The van der Waals surface area contributed by atoms with E-state index in [0.29, 0.717) is 36.7 Å². The molecule has 1 aliphatic heterocycles. The van der Waals surface area contributed by atoms with Crippen molar-refractivity contribution in [3.05, 3.63) is 24.3 Å². The number of likely N-dealkylation sites (tertiary alicyclic amines) is 1. The molecule has 2 atom stereocenters. The van der Waals surface area contributed by atoms with Gasteiger partial charge in [-0.15, -0.1) is 0 Å². The van der Waals surface area contributed by atoms with Crippen LogP contribution in [0.4, 0.5) is 0 Å². The molecule has 0 spiro atoms. The molecule has 1 aromatic rings. The van der Waals surface area contributed by atoms with E-state index in [1.54, 1.807) is 11.1 Å². The molecule has 0 N–H and O–H groups in total. The van der Waals surface area contributed by atoms with Gasteiger partial charge in [-0.25, -0.2) is 4.98 Å². The molecule has 2 aliphatic rings. The van der Waals surface area contributed by atoms with Crippen LogP contribution >= 0.6 is 0 Å². The summed E-state index contributed by atoms with van der Waals surface area (Å²) in [5, 5.41) is 0. The quantitative estimate of drug-likeness (QED) is 0.769. The first-order valence-electron chi connectivity index (χ1n) is 10.1. The Kier molecular flexibility index (Phi) is 5.54. The van der Waals surface area contributed by atoms with E-state index in [1.165, 1.54) is 18.8 Å². The van der Waals surface area contributed by atoms with Crippen LogP contribution in [0.2, 0.25) is 0 Å². The number of carbonyl (C=O) groups excluding carboxylic acids is 2. The van der Waals surface area contributed by atoms with E-state index in [-0.39, 0.29) is 17.2 Å². The van der Waals surface area contributed by atoms with Gasteiger partial charge in [0.25, 0.3) is 5.91 Å². The zero-order valence-electron chi connectivity index (χ0n) is 17.1. The lowest BCUT2D eigenvalue weighted by Gasteiger charge is -2.39. The average Bonchev–Trinajstić information content (AvgIpc) is 2.87. The second-order valence-electron chi connectivity index (χ2n) is 9.37. The summed E-state index contributed by atoms with van der Waals surface area (Å²) in [4.78, 5) is 37.6. The van der Waals surface area contributed by atoms with Crippen LogP contribution in [0.15, 0.2) is 18.6 Å². The number of rotatable bonds is 6. The van der Waals surface area contributed by atoms with Crippen molar-refractivity contribution >= 4 is 11.8 Å². The van der Waals surface area contributed by atoms with Gasteiger partial charge < -0.3 is 9.80 Å². The molecule has 2 unspecified atom stereocenters. The summed E-state index contributed by atoms with van der Waals surface area (Å²) in [6.45, 7) is 10.9. The minimum Gasteiger partial charge on any atom is -0.339 e. The van der Waals surface area contributed by atoms with Crippen LogP contribution in [0.3, 0.4) is 0 Å². The molecular formula is C21H32N4O2. The van der Waals surface area contributed by atoms with E-state index in [0.717, 1.165) is 25.8 Å². The Morgan fingerprint density at radius 1 is 1.22 bits per heavy atom. The van der Waals surface area contributed by atoms with Gasteiger partial charge in [-0.3, -0.25) is 14.6 Å². The normalized spacial score (nSPS) is 26.1. The highest BCUT2D eigenvalue weighted by Gasteiger charge is 2.50. The second-order valence-corrected chi connectivity index (χ2v) is 9.37. The van der Waals surface area contributed by atoms with E-state index >= 15 is 0 Å². The summed E-state index contributed by atoms with van der Waals surface area (Å²) >= 11 is 0. The fraction of sp³-hybridized carbons (Fsp3) is 0.714. The molecule has 0 radical (unpaired) electrons. The topological polar surface area (TPSA) is 66.4 Å².